The highest BCUT2D eigenvalue weighted by atomic mass is 16.1. The van der Waals surface area contributed by atoms with Crippen molar-refractivity contribution in [1.29, 1.82) is 0 Å². The molecule has 1 aromatic heterocycles. The summed E-state index contributed by atoms with van der Waals surface area (Å²) in [5.41, 5.74) is 3.34. The van der Waals surface area contributed by atoms with Gasteiger partial charge in [0.05, 0.1) is 11.6 Å². The van der Waals surface area contributed by atoms with Crippen molar-refractivity contribution in [2.45, 2.75) is 19.4 Å². The van der Waals surface area contributed by atoms with E-state index in [9.17, 15) is 4.79 Å². The Balaban J connectivity index is 1.96. The van der Waals surface area contributed by atoms with Crippen molar-refractivity contribution >= 4 is 11.9 Å². The van der Waals surface area contributed by atoms with E-state index in [1.807, 2.05) is 6.07 Å². The molecule has 19 heavy (non-hydrogen) atoms. The summed E-state index contributed by atoms with van der Waals surface area (Å²) in [5.74, 6) is 5.90. The molecule has 1 aliphatic rings. The van der Waals surface area contributed by atoms with Crippen molar-refractivity contribution in [2.24, 2.45) is 11.8 Å². The second kappa shape index (κ2) is 6.44. The molecule has 7 heteroatoms. The van der Waals surface area contributed by atoms with Crippen LogP contribution in [-0.4, -0.2) is 40.9 Å². The number of rotatable bonds is 4. The number of anilines is 1. The van der Waals surface area contributed by atoms with Crippen molar-refractivity contribution in [3.63, 3.8) is 0 Å². The van der Waals surface area contributed by atoms with Crippen LogP contribution in [-0.2, 0) is 11.3 Å². The summed E-state index contributed by atoms with van der Waals surface area (Å²) in [6.45, 7) is 2.47. The second-order valence-electron chi connectivity index (χ2n) is 4.70. The molecule has 1 saturated heterocycles. The quantitative estimate of drug-likeness (QED) is 0.511. The van der Waals surface area contributed by atoms with Crippen molar-refractivity contribution in [1.82, 2.24) is 20.2 Å². The highest BCUT2D eigenvalue weighted by molar-refractivity contribution is 5.78. The van der Waals surface area contributed by atoms with Crippen molar-refractivity contribution in [3.8, 4) is 0 Å². The van der Waals surface area contributed by atoms with Gasteiger partial charge in [-0.15, -0.1) is 0 Å². The van der Waals surface area contributed by atoms with Gasteiger partial charge >= 0.3 is 0 Å². The Labute approximate surface area is 112 Å². The van der Waals surface area contributed by atoms with Gasteiger partial charge in [-0.25, -0.2) is 15.8 Å². The molecular weight excluding hydrogens is 244 g/mol. The molecule has 0 spiro atoms. The maximum absolute atomic E-state index is 11.7. The summed E-state index contributed by atoms with van der Waals surface area (Å²) in [4.78, 5) is 22.2. The number of aromatic nitrogens is 2. The summed E-state index contributed by atoms with van der Waals surface area (Å²) in [7, 11) is 1.69. The van der Waals surface area contributed by atoms with Crippen LogP contribution in [0.5, 0.6) is 0 Å². The zero-order valence-corrected chi connectivity index (χ0v) is 11.1. The summed E-state index contributed by atoms with van der Waals surface area (Å²) in [6, 6.07) is 1.87. The lowest BCUT2D eigenvalue weighted by Gasteiger charge is -2.31. The van der Waals surface area contributed by atoms with E-state index in [1.54, 1.807) is 13.2 Å². The Kier molecular flexibility index (Phi) is 4.64. The first-order valence-corrected chi connectivity index (χ1v) is 6.45. The number of piperidine rings is 1. The molecule has 1 amide bonds. The number of hydrogen-bond donors (Lipinski definition) is 3. The van der Waals surface area contributed by atoms with E-state index in [0.29, 0.717) is 12.5 Å². The van der Waals surface area contributed by atoms with E-state index in [2.05, 4.69) is 25.6 Å². The first-order chi connectivity index (χ1) is 9.22. The topological polar surface area (TPSA) is 96.2 Å². The summed E-state index contributed by atoms with van der Waals surface area (Å²) in [5, 5.41) is 2.72. The normalized spacial score (nSPS) is 20.0. The van der Waals surface area contributed by atoms with Crippen LogP contribution in [0, 0.1) is 5.92 Å². The Morgan fingerprint density at radius 1 is 1.63 bits per heavy atom. The maximum Gasteiger partial charge on any atom is 0.237 e. The number of hydrogen-bond acceptors (Lipinski definition) is 6. The van der Waals surface area contributed by atoms with Crippen molar-refractivity contribution in [3.05, 3.63) is 18.0 Å². The van der Waals surface area contributed by atoms with Gasteiger partial charge < -0.3 is 5.32 Å². The fraction of sp³-hybridized carbons (Fsp3) is 0.583. The number of nitrogen functional groups attached to an aromatic ring is 1. The number of carbonyl (C=O) groups is 1. The molecule has 0 radical (unpaired) electrons. The molecule has 2 heterocycles. The van der Waals surface area contributed by atoms with Crippen molar-refractivity contribution < 1.29 is 4.79 Å². The summed E-state index contributed by atoms with van der Waals surface area (Å²) < 4.78 is 0. The molecule has 1 unspecified atom stereocenters. The van der Waals surface area contributed by atoms with Crippen LogP contribution in [0.1, 0.15) is 18.5 Å². The zero-order chi connectivity index (χ0) is 13.7. The molecule has 0 saturated carbocycles. The molecule has 1 aromatic rings. The van der Waals surface area contributed by atoms with E-state index in [0.717, 1.165) is 31.6 Å². The smallest absolute Gasteiger partial charge is 0.237 e. The Morgan fingerprint density at radius 2 is 2.47 bits per heavy atom. The molecule has 0 bridgehead atoms. The van der Waals surface area contributed by atoms with Gasteiger partial charge in [0.15, 0.2) is 0 Å². The van der Waals surface area contributed by atoms with Crippen LogP contribution >= 0.6 is 0 Å². The van der Waals surface area contributed by atoms with Gasteiger partial charge in [0.1, 0.15) is 0 Å². The Bertz CT molecular complexity index is 438. The number of nitrogens with one attached hydrogen (secondary N) is 2. The number of likely N-dealkylation sites (tertiary alicyclic amines) is 1. The van der Waals surface area contributed by atoms with Gasteiger partial charge in [-0.3, -0.25) is 15.1 Å². The molecule has 0 aromatic carbocycles. The standard InChI is InChI=1S/C12H20N6O/c1-14-11(19)9-3-2-6-18(7-9)8-10-4-5-15-12(16-10)17-13/h4-5,9H,2-3,6-8,13H2,1H3,(H,14,19)(H,15,16,17). The number of carbonyl (C=O) groups excluding carboxylic acids is 1. The lowest BCUT2D eigenvalue weighted by Crippen LogP contribution is -2.41. The lowest BCUT2D eigenvalue weighted by atomic mass is 9.97. The predicted molar refractivity (Wildman–Crippen MR) is 71.9 cm³/mol. The number of amides is 1. The molecule has 0 aliphatic carbocycles. The first-order valence-electron chi connectivity index (χ1n) is 6.45. The third-order valence-electron chi connectivity index (χ3n) is 3.35. The minimum absolute atomic E-state index is 0.0766. The third kappa shape index (κ3) is 3.62. The van der Waals surface area contributed by atoms with Crippen LogP contribution in [0.2, 0.25) is 0 Å². The van der Waals surface area contributed by atoms with Crippen LogP contribution in [0.4, 0.5) is 5.95 Å². The monoisotopic (exact) mass is 264 g/mol. The molecule has 1 aliphatic heterocycles. The minimum Gasteiger partial charge on any atom is -0.359 e. The van der Waals surface area contributed by atoms with Gasteiger partial charge in [-0.2, -0.15) is 0 Å². The zero-order valence-electron chi connectivity index (χ0n) is 11.1. The molecule has 4 N–H and O–H groups in total. The number of nitrogens with two attached hydrogens (primary N) is 1. The van der Waals surface area contributed by atoms with Crippen LogP contribution < -0.4 is 16.6 Å². The third-order valence-corrected chi connectivity index (χ3v) is 3.35. The van der Waals surface area contributed by atoms with E-state index in [4.69, 9.17) is 5.84 Å². The molecular formula is C12H20N6O. The summed E-state index contributed by atoms with van der Waals surface area (Å²) in [6.07, 6.45) is 3.67. The molecule has 104 valence electrons. The van der Waals surface area contributed by atoms with Crippen LogP contribution in [0.25, 0.3) is 0 Å². The summed E-state index contributed by atoms with van der Waals surface area (Å²) >= 11 is 0. The largest absolute Gasteiger partial charge is 0.359 e. The van der Waals surface area contributed by atoms with Gasteiger partial charge in [-0.05, 0) is 25.5 Å². The van der Waals surface area contributed by atoms with Crippen molar-refractivity contribution in [2.75, 3.05) is 25.6 Å². The maximum atomic E-state index is 11.7. The van der Waals surface area contributed by atoms with Gasteiger partial charge in [0, 0.05) is 26.3 Å². The van der Waals surface area contributed by atoms with Gasteiger partial charge in [-0.1, -0.05) is 0 Å². The molecule has 1 atom stereocenters. The van der Waals surface area contributed by atoms with Gasteiger partial charge in [0.2, 0.25) is 11.9 Å². The van der Waals surface area contributed by atoms with E-state index in [1.165, 1.54) is 0 Å². The van der Waals surface area contributed by atoms with Crippen LogP contribution in [0.15, 0.2) is 12.3 Å². The molecule has 7 nitrogen and oxygen atoms in total. The molecule has 2 rings (SSSR count). The fourth-order valence-corrected chi connectivity index (χ4v) is 2.40. The van der Waals surface area contributed by atoms with E-state index < -0.39 is 0 Å². The lowest BCUT2D eigenvalue weighted by molar-refractivity contribution is -0.126. The Morgan fingerprint density at radius 3 is 3.21 bits per heavy atom. The minimum atomic E-state index is 0.0766. The van der Waals surface area contributed by atoms with Gasteiger partial charge in [0.25, 0.3) is 0 Å². The highest BCUT2D eigenvalue weighted by Crippen LogP contribution is 2.18. The second-order valence-corrected chi connectivity index (χ2v) is 4.70. The average molecular weight is 264 g/mol. The fourth-order valence-electron chi connectivity index (χ4n) is 2.40. The highest BCUT2D eigenvalue weighted by Gasteiger charge is 2.25. The first kappa shape index (κ1) is 13.7. The van der Waals surface area contributed by atoms with Crippen LogP contribution in [0.3, 0.4) is 0 Å². The number of nitrogens with zero attached hydrogens (tertiary/aromatic N) is 3. The SMILES string of the molecule is CNC(=O)C1CCCN(Cc2ccnc(NN)n2)C1. The van der Waals surface area contributed by atoms with E-state index in [-0.39, 0.29) is 11.8 Å². The Hall–Kier alpha value is -1.73. The predicted octanol–water partition coefficient (Wildman–Crippen LogP) is -0.280. The number of hydrazine groups is 1. The molecule has 1 fully saturated rings. The van der Waals surface area contributed by atoms with E-state index >= 15 is 0 Å². The average Bonchev–Trinajstić information content (AvgIpc) is 2.47.